The second kappa shape index (κ2) is 6.62. The van der Waals surface area contributed by atoms with Gasteiger partial charge in [-0.3, -0.25) is 0 Å². The Morgan fingerprint density at radius 1 is 0.565 bits per heavy atom. The van der Waals surface area contributed by atoms with Crippen LogP contribution in [0.2, 0.25) is 0 Å². The summed E-state index contributed by atoms with van der Waals surface area (Å²) in [6, 6.07) is 9.03. The summed E-state index contributed by atoms with van der Waals surface area (Å²) in [4.78, 5) is 0. The van der Waals surface area contributed by atoms with E-state index in [-0.39, 0.29) is 13.2 Å². The lowest BCUT2D eigenvalue weighted by molar-refractivity contribution is -0.138. The van der Waals surface area contributed by atoms with Crippen molar-refractivity contribution in [3.8, 4) is 0 Å². The summed E-state index contributed by atoms with van der Waals surface area (Å²) in [7, 11) is 0. The maximum absolute atomic E-state index is 12.4. The van der Waals surface area contributed by atoms with Gasteiger partial charge < -0.3 is 4.74 Å². The highest BCUT2D eigenvalue weighted by Crippen LogP contribution is 2.30. The molecule has 0 unspecified atom stereocenters. The zero-order chi connectivity index (χ0) is 17.1. The third kappa shape index (κ3) is 4.99. The third-order valence-electron chi connectivity index (χ3n) is 3.10. The first-order valence-corrected chi connectivity index (χ1v) is 6.56. The molecule has 7 heteroatoms. The second-order valence-corrected chi connectivity index (χ2v) is 4.88. The molecule has 2 aromatic carbocycles. The Bertz CT molecular complexity index is 568. The molecule has 0 radical (unpaired) electrons. The maximum atomic E-state index is 12.4. The SMILES string of the molecule is FC(F)(F)c1ccc(COCc2ccc(C(F)(F)F)cc2)cc1. The first-order chi connectivity index (χ1) is 10.7. The van der Waals surface area contributed by atoms with E-state index in [2.05, 4.69) is 0 Å². The molecular formula is C16H12F6O. The lowest BCUT2D eigenvalue weighted by atomic mass is 10.1. The predicted molar refractivity (Wildman–Crippen MR) is 71.4 cm³/mol. The van der Waals surface area contributed by atoms with Gasteiger partial charge in [-0.25, -0.2) is 0 Å². The molecule has 124 valence electrons. The van der Waals surface area contributed by atoms with Gasteiger partial charge in [0.15, 0.2) is 0 Å². The largest absolute Gasteiger partial charge is 0.416 e. The van der Waals surface area contributed by atoms with Crippen LogP contribution in [0, 0.1) is 0 Å². The average Bonchev–Trinajstić information content (AvgIpc) is 2.46. The molecule has 0 N–H and O–H groups in total. The van der Waals surface area contributed by atoms with Crippen molar-refractivity contribution in [2.75, 3.05) is 0 Å². The van der Waals surface area contributed by atoms with Crippen molar-refractivity contribution in [2.45, 2.75) is 25.6 Å². The smallest absolute Gasteiger partial charge is 0.372 e. The van der Waals surface area contributed by atoms with Gasteiger partial charge in [-0.15, -0.1) is 0 Å². The minimum Gasteiger partial charge on any atom is -0.372 e. The molecule has 0 amide bonds. The van der Waals surface area contributed by atoms with Crippen LogP contribution in [-0.2, 0) is 30.3 Å². The van der Waals surface area contributed by atoms with Crippen molar-refractivity contribution >= 4 is 0 Å². The van der Waals surface area contributed by atoms with Crippen LogP contribution in [-0.4, -0.2) is 0 Å². The third-order valence-corrected chi connectivity index (χ3v) is 3.10. The highest BCUT2D eigenvalue weighted by molar-refractivity contribution is 5.25. The molecule has 0 bridgehead atoms. The predicted octanol–water partition coefficient (Wildman–Crippen LogP) is 5.44. The van der Waals surface area contributed by atoms with Gasteiger partial charge in [0.25, 0.3) is 0 Å². The zero-order valence-electron chi connectivity index (χ0n) is 11.7. The highest BCUT2D eigenvalue weighted by atomic mass is 19.4. The number of rotatable bonds is 4. The van der Waals surface area contributed by atoms with Gasteiger partial charge in [0.2, 0.25) is 0 Å². The van der Waals surface area contributed by atoms with Gasteiger partial charge in [0.1, 0.15) is 0 Å². The Hall–Kier alpha value is -2.02. The van der Waals surface area contributed by atoms with E-state index < -0.39 is 23.5 Å². The maximum Gasteiger partial charge on any atom is 0.416 e. The number of alkyl halides is 6. The minimum absolute atomic E-state index is 0.0686. The normalized spacial score (nSPS) is 12.4. The van der Waals surface area contributed by atoms with Crippen LogP contribution in [0.5, 0.6) is 0 Å². The molecule has 0 aliphatic carbocycles. The van der Waals surface area contributed by atoms with Crippen LogP contribution in [0.4, 0.5) is 26.3 Å². The summed E-state index contributed by atoms with van der Waals surface area (Å²) in [5.41, 5.74) is -0.400. The Balaban J connectivity index is 1.87. The lowest BCUT2D eigenvalue weighted by Crippen LogP contribution is -2.05. The van der Waals surface area contributed by atoms with Crippen LogP contribution >= 0.6 is 0 Å². The number of benzene rings is 2. The first-order valence-electron chi connectivity index (χ1n) is 6.56. The van der Waals surface area contributed by atoms with E-state index >= 15 is 0 Å². The van der Waals surface area contributed by atoms with E-state index in [1.54, 1.807) is 0 Å². The van der Waals surface area contributed by atoms with Crippen molar-refractivity contribution in [1.29, 1.82) is 0 Å². The molecule has 0 fully saturated rings. The van der Waals surface area contributed by atoms with Crippen molar-refractivity contribution in [3.63, 3.8) is 0 Å². The lowest BCUT2D eigenvalue weighted by Gasteiger charge is -2.09. The molecule has 0 saturated heterocycles. The Labute approximate surface area is 128 Å². The van der Waals surface area contributed by atoms with E-state index in [1.807, 2.05) is 0 Å². The molecule has 0 spiro atoms. The first kappa shape index (κ1) is 17.3. The molecule has 0 aliphatic rings. The molecule has 0 aromatic heterocycles. The van der Waals surface area contributed by atoms with Crippen LogP contribution in [0.25, 0.3) is 0 Å². The molecule has 1 nitrogen and oxygen atoms in total. The number of halogens is 6. The van der Waals surface area contributed by atoms with Gasteiger partial charge in [0.05, 0.1) is 24.3 Å². The number of hydrogen-bond donors (Lipinski definition) is 0. The summed E-state index contributed by atoms with van der Waals surface area (Å²) in [6.45, 7) is 0.137. The van der Waals surface area contributed by atoms with Gasteiger partial charge >= 0.3 is 12.4 Å². The Kier molecular flexibility index (Phi) is 4.99. The molecule has 0 heterocycles. The number of ether oxygens (including phenoxy) is 1. The van der Waals surface area contributed by atoms with Crippen molar-refractivity contribution in [1.82, 2.24) is 0 Å². The van der Waals surface area contributed by atoms with Gasteiger partial charge in [-0.2, -0.15) is 26.3 Å². The van der Waals surface area contributed by atoms with Crippen LogP contribution < -0.4 is 0 Å². The monoisotopic (exact) mass is 334 g/mol. The molecular weight excluding hydrogens is 322 g/mol. The molecule has 0 aliphatic heterocycles. The Morgan fingerprint density at radius 2 is 0.870 bits per heavy atom. The molecule has 0 atom stereocenters. The van der Waals surface area contributed by atoms with Crippen molar-refractivity contribution in [3.05, 3.63) is 70.8 Å². The van der Waals surface area contributed by atoms with E-state index in [0.717, 1.165) is 24.3 Å². The minimum atomic E-state index is -4.39. The van der Waals surface area contributed by atoms with Gasteiger partial charge in [-0.05, 0) is 35.4 Å². The molecule has 2 aromatic rings. The van der Waals surface area contributed by atoms with E-state index in [4.69, 9.17) is 4.74 Å². The summed E-state index contributed by atoms with van der Waals surface area (Å²) in [6.07, 6.45) is -8.78. The second-order valence-electron chi connectivity index (χ2n) is 4.88. The van der Waals surface area contributed by atoms with E-state index in [1.165, 1.54) is 24.3 Å². The molecule has 23 heavy (non-hydrogen) atoms. The summed E-state index contributed by atoms with van der Waals surface area (Å²) < 4.78 is 79.7. The number of hydrogen-bond acceptors (Lipinski definition) is 1. The van der Waals surface area contributed by atoms with Gasteiger partial charge in [0, 0.05) is 0 Å². The van der Waals surface area contributed by atoms with Crippen LogP contribution in [0.15, 0.2) is 48.5 Å². The average molecular weight is 334 g/mol. The Morgan fingerprint density at radius 3 is 1.13 bits per heavy atom. The fourth-order valence-electron chi connectivity index (χ4n) is 1.87. The topological polar surface area (TPSA) is 9.23 Å². The summed E-state index contributed by atoms with van der Waals surface area (Å²) >= 11 is 0. The summed E-state index contributed by atoms with van der Waals surface area (Å²) in [5, 5.41) is 0. The standard InChI is InChI=1S/C16H12F6O/c17-15(18,19)13-5-1-11(2-6-13)9-23-10-12-3-7-14(8-4-12)16(20,21)22/h1-8H,9-10H2. The quantitative estimate of drug-likeness (QED) is 0.677. The van der Waals surface area contributed by atoms with Crippen molar-refractivity contribution in [2.24, 2.45) is 0 Å². The van der Waals surface area contributed by atoms with Crippen molar-refractivity contribution < 1.29 is 31.1 Å². The fourth-order valence-corrected chi connectivity index (χ4v) is 1.87. The van der Waals surface area contributed by atoms with E-state index in [9.17, 15) is 26.3 Å². The van der Waals surface area contributed by atoms with Crippen LogP contribution in [0.3, 0.4) is 0 Å². The van der Waals surface area contributed by atoms with Gasteiger partial charge in [-0.1, -0.05) is 24.3 Å². The van der Waals surface area contributed by atoms with E-state index in [0.29, 0.717) is 11.1 Å². The molecule has 2 rings (SSSR count). The summed E-state index contributed by atoms with van der Waals surface area (Å²) in [5.74, 6) is 0. The highest BCUT2D eigenvalue weighted by Gasteiger charge is 2.30. The molecule has 0 saturated carbocycles. The fraction of sp³-hybridized carbons (Fsp3) is 0.250. The van der Waals surface area contributed by atoms with Crippen LogP contribution in [0.1, 0.15) is 22.3 Å². The zero-order valence-corrected chi connectivity index (χ0v) is 11.7.